The van der Waals surface area contributed by atoms with Gasteiger partial charge in [-0.05, 0) is 26.0 Å². The zero-order chi connectivity index (χ0) is 19.5. The van der Waals surface area contributed by atoms with Gasteiger partial charge in [-0.2, -0.15) is 13.2 Å². The van der Waals surface area contributed by atoms with Crippen LogP contribution in [0.3, 0.4) is 0 Å². The van der Waals surface area contributed by atoms with Crippen LogP contribution >= 0.6 is 11.3 Å². The van der Waals surface area contributed by atoms with Gasteiger partial charge in [-0.3, -0.25) is 4.79 Å². The molecule has 2 heterocycles. The van der Waals surface area contributed by atoms with E-state index in [4.69, 9.17) is 0 Å². The van der Waals surface area contributed by atoms with Crippen molar-refractivity contribution < 1.29 is 23.1 Å². The molecular formula is C18H21F3N2O2S. The molecule has 1 aromatic heterocycles. The van der Waals surface area contributed by atoms with Crippen LogP contribution in [0.1, 0.15) is 39.1 Å². The molecule has 1 aromatic carbocycles. The van der Waals surface area contributed by atoms with Crippen LogP contribution in [-0.4, -0.2) is 39.2 Å². The Hall–Kier alpha value is -1.67. The second-order valence-electron chi connectivity index (χ2n) is 7.94. The number of halogens is 3. The largest absolute Gasteiger partial charge is 0.424 e. The van der Waals surface area contributed by atoms with Crippen LogP contribution in [0.4, 0.5) is 13.2 Å². The smallest absolute Gasteiger partial charge is 0.374 e. The van der Waals surface area contributed by atoms with E-state index in [9.17, 15) is 23.1 Å². The molecule has 0 spiro atoms. The molecule has 0 radical (unpaired) electrons. The van der Waals surface area contributed by atoms with E-state index >= 15 is 0 Å². The summed E-state index contributed by atoms with van der Waals surface area (Å²) in [6, 6.07) is 6.56. The van der Waals surface area contributed by atoms with E-state index in [2.05, 4.69) is 4.98 Å². The number of aromatic nitrogens is 1. The molecule has 8 heteroatoms. The minimum absolute atomic E-state index is 0.200. The highest BCUT2D eigenvalue weighted by atomic mass is 32.1. The number of hydrogen-bond donors (Lipinski definition) is 1. The van der Waals surface area contributed by atoms with Gasteiger partial charge in [0.05, 0.1) is 16.6 Å². The van der Waals surface area contributed by atoms with Gasteiger partial charge in [0.2, 0.25) is 11.5 Å². The van der Waals surface area contributed by atoms with Crippen LogP contribution in [0, 0.1) is 5.41 Å². The van der Waals surface area contributed by atoms with Crippen molar-refractivity contribution >= 4 is 27.5 Å². The van der Waals surface area contributed by atoms with Gasteiger partial charge in [0.25, 0.3) is 0 Å². The van der Waals surface area contributed by atoms with Crippen LogP contribution in [0.25, 0.3) is 10.2 Å². The fraction of sp³-hybridized carbons (Fsp3) is 0.556. The van der Waals surface area contributed by atoms with Crippen molar-refractivity contribution in [1.82, 2.24) is 9.88 Å². The minimum atomic E-state index is -5.01. The normalized spacial score (nSPS) is 21.3. The molecule has 4 nitrogen and oxygen atoms in total. The van der Waals surface area contributed by atoms with E-state index in [1.54, 1.807) is 24.3 Å². The van der Waals surface area contributed by atoms with E-state index in [1.165, 1.54) is 4.90 Å². The van der Waals surface area contributed by atoms with Gasteiger partial charge in [-0.15, -0.1) is 11.3 Å². The molecule has 1 N–H and O–H groups in total. The van der Waals surface area contributed by atoms with Crippen molar-refractivity contribution in [2.45, 2.75) is 51.4 Å². The Morgan fingerprint density at radius 2 is 1.88 bits per heavy atom. The lowest BCUT2D eigenvalue weighted by Crippen LogP contribution is -2.71. The molecule has 142 valence electrons. The molecule has 0 bridgehead atoms. The van der Waals surface area contributed by atoms with Crippen LogP contribution in [0.2, 0.25) is 0 Å². The third kappa shape index (κ3) is 2.70. The SMILES string of the molecule is CC1(C)CN(C(=O)CC(O)(c2nc3ccccc3s2)C(F)(F)F)C1(C)C. The summed E-state index contributed by atoms with van der Waals surface area (Å²) in [5.41, 5.74) is -3.71. The molecule has 1 atom stereocenters. The molecule has 0 aliphatic carbocycles. The summed E-state index contributed by atoms with van der Waals surface area (Å²) in [4.78, 5) is 18.0. The highest BCUT2D eigenvalue weighted by Crippen LogP contribution is 2.49. The Morgan fingerprint density at radius 3 is 2.38 bits per heavy atom. The number of amides is 1. The quantitative estimate of drug-likeness (QED) is 0.865. The molecular weight excluding hydrogens is 365 g/mol. The van der Waals surface area contributed by atoms with Gasteiger partial charge in [0.1, 0.15) is 5.01 Å². The molecule has 1 unspecified atom stereocenters. The highest BCUT2D eigenvalue weighted by molar-refractivity contribution is 7.18. The van der Waals surface area contributed by atoms with Crippen molar-refractivity contribution in [1.29, 1.82) is 0 Å². The summed E-state index contributed by atoms with van der Waals surface area (Å²) in [7, 11) is 0. The second-order valence-corrected chi connectivity index (χ2v) is 8.97. The number of alkyl halides is 3. The summed E-state index contributed by atoms with van der Waals surface area (Å²) in [5.74, 6) is -0.728. The van der Waals surface area contributed by atoms with E-state index in [1.807, 2.05) is 27.7 Å². The molecule has 1 amide bonds. The lowest BCUT2D eigenvalue weighted by atomic mass is 9.65. The number of likely N-dealkylation sites (tertiary alicyclic amines) is 1. The molecule has 1 fully saturated rings. The van der Waals surface area contributed by atoms with E-state index < -0.39 is 34.7 Å². The fourth-order valence-corrected chi connectivity index (χ4v) is 4.19. The van der Waals surface area contributed by atoms with E-state index in [0.29, 0.717) is 16.8 Å². The zero-order valence-corrected chi connectivity index (χ0v) is 15.8. The molecule has 26 heavy (non-hydrogen) atoms. The molecule has 1 aliphatic heterocycles. The first-order valence-corrected chi connectivity index (χ1v) is 9.07. The van der Waals surface area contributed by atoms with Gasteiger partial charge in [-0.1, -0.05) is 26.0 Å². The average Bonchev–Trinajstić information content (AvgIpc) is 2.95. The first-order chi connectivity index (χ1) is 11.8. The van der Waals surface area contributed by atoms with E-state index in [0.717, 1.165) is 11.3 Å². The van der Waals surface area contributed by atoms with Gasteiger partial charge in [-0.25, -0.2) is 4.98 Å². The number of nitrogens with zero attached hydrogens (tertiary/aromatic N) is 2. The number of thiazole rings is 1. The average molecular weight is 386 g/mol. The molecule has 0 saturated carbocycles. The summed E-state index contributed by atoms with van der Waals surface area (Å²) in [6.07, 6.45) is -6.09. The van der Waals surface area contributed by atoms with Crippen molar-refractivity contribution in [3.8, 4) is 0 Å². The van der Waals surface area contributed by atoms with Crippen molar-refractivity contribution in [2.24, 2.45) is 5.41 Å². The summed E-state index contributed by atoms with van der Waals surface area (Å²) in [5, 5.41) is 10.0. The standard InChI is InChI=1S/C18H21F3N2O2S/c1-15(2)10-23(16(15,3)4)13(24)9-17(25,18(19,20)21)14-22-11-7-5-6-8-12(11)26-14/h5-8,25H,9-10H2,1-4H3. The van der Waals surface area contributed by atoms with Crippen molar-refractivity contribution in [3.63, 3.8) is 0 Å². The van der Waals surface area contributed by atoms with Gasteiger partial charge in [0, 0.05) is 17.5 Å². The monoisotopic (exact) mass is 386 g/mol. The molecule has 1 aliphatic rings. The van der Waals surface area contributed by atoms with E-state index in [-0.39, 0.29) is 5.41 Å². The molecule has 2 aromatic rings. The molecule has 3 rings (SSSR count). The first-order valence-electron chi connectivity index (χ1n) is 8.25. The number of fused-ring (bicyclic) bond motifs is 1. The van der Waals surface area contributed by atoms with Crippen molar-refractivity contribution in [3.05, 3.63) is 29.3 Å². The third-order valence-electron chi connectivity index (χ3n) is 5.71. The fourth-order valence-electron chi connectivity index (χ4n) is 3.12. The number of carbonyl (C=O) groups is 1. The molecule has 1 saturated heterocycles. The Balaban J connectivity index is 1.95. The Bertz CT molecular complexity index is 826. The number of para-hydroxylation sites is 1. The Labute approximate surface area is 153 Å². The number of rotatable bonds is 3. The minimum Gasteiger partial charge on any atom is -0.374 e. The predicted octanol–water partition coefficient (Wildman–Crippen LogP) is 4.08. The first kappa shape index (κ1) is 19.1. The van der Waals surface area contributed by atoms with Gasteiger partial charge < -0.3 is 10.0 Å². The predicted molar refractivity (Wildman–Crippen MR) is 93.8 cm³/mol. The lowest BCUT2D eigenvalue weighted by molar-refractivity contribution is -0.270. The maximum Gasteiger partial charge on any atom is 0.424 e. The topological polar surface area (TPSA) is 53.4 Å². The highest BCUT2D eigenvalue weighted by Gasteiger charge is 2.61. The Kier molecular flexibility index (Phi) is 4.16. The third-order valence-corrected chi connectivity index (χ3v) is 6.90. The van der Waals surface area contributed by atoms with Crippen LogP contribution in [0.5, 0.6) is 0 Å². The van der Waals surface area contributed by atoms with Crippen LogP contribution in [0.15, 0.2) is 24.3 Å². The van der Waals surface area contributed by atoms with Crippen LogP contribution < -0.4 is 0 Å². The number of hydrogen-bond acceptors (Lipinski definition) is 4. The van der Waals surface area contributed by atoms with Crippen LogP contribution in [-0.2, 0) is 10.4 Å². The summed E-state index contributed by atoms with van der Waals surface area (Å²) >= 11 is 0.758. The number of carbonyl (C=O) groups excluding carboxylic acids is 1. The second kappa shape index (κ2) is 5.66. The number of aliphatic hydroxyl groups is 1. The summed E-state index contributed by atoms with van der Waals surface area (Å²) in [6.45, 7) is 7.91. The zero-order valence-electron chi connectivity index (χ0n) is 15.0. The number of benzene rings is 1. The van der Waals surface area contributed by atoms with Gasteiger partial charge in [0.15, 0.2) is 0 Å². The summed E-state index contributed by atoms with van der Waals surface area (Å²) < 4.78 is 41.8. The Morgan fingerprint density at radius 1 is 1.27 bits per heavy atom. The maximum absolute atomic E-state index is 13.8. The van der Waals surface area contributed by atoms with Gasteiger partial charge >= 0.3 is 6.18 Å². The maximum atomic E-state index is 13.8. The lowest BCUT2D eigenvalue weighted by Gasteiger charge is -2.61. The van der Waals surface area contributed by atoms with Crippen molar-refractivity contribution in [2.75, 3.05) is 6.54 Å².